The van der Waals surface area contributed by atoms with Gasteiger partial charge >= 0.3 is 0 Å². The predicted molar refractivity (Wildman–Crippen MR) is 66.5 cm³/mol. The number of fused-ring (bicyclic) bond motifs is 1. The molecule has 0 bridgehead atoms. The Morgan fingerprint density at radius 1 is 0.938 bits per heavy atom. The molecule has 0 aliphatic heterocycles. The third-order valence-electron chi connectivity index (χ3n) is 2.69. The second-order valence-electron chi connectivity index (χ2n) is 4.24. The fraction of sp³-hybridized carbons (Fsp3) is 0.231. The minimum atomic E-state index is -3.14. The van der Waals surface area contributed by atoms with Crippen LogP contribution in [0.2, 0.25) is 0 Å². The highest BCUT2D eigenvalue weighted by molar-refractivity contribution is 7.90. The summed E-state index contributed by atoms with van der Waals surface area (Å²) in [5.74, 6) is 0. The second kappa shape index (κ2) is 3.59. The van der Waals surface area contributed by atoms with Gasteiger partial charge in [0, 0.05) is 6.26 Å². The molecule has 0 saturated carbocycles. The molecule has 0 aliphatic carbocycles. The van der Waals surface area contributed by atoms with Gasteiger partial charge in [0.1, 0.15) is 0 Å². The summed E-state index contributed by atoms with van der Waals surface area (Å²) in [6.07, 6.45) is 1.25. The van der Waals surface area contributed by atoms with E-state index in [1.165, 1.54) is 6.26 Å². The van der Waals surface area contributed by atoms with Crippen molar-refractivity contribution >= 4 is 20.6 Å². The van der Waals surface area contributed by atoms with Crippen molar-refractivity contribution in [2.45, 2.75) is 18.7 Å². The lowest BCUT2D eigenvalue weighted by Gasteiger charge is -2.07. The molecule has 2 aromatic carbocycles. The highest BCUT2D eigenvalue weighted by Crippen LogP contribution is 2.24. The van der Waals surface area contributed by atoms with Crippen molar-refractivity contribution in [3.8, 4) is 0 Å². The lowest BCUT2D eigenvalue weighted by atomic mass is 10.1. The van der Waals surface area contributed by atoms with Crippen molar-refractivity contribution in [1.82, 2.24) is 0 Å². The molecule has 0 aromatic heterocycles. The Morgan fingerprint density at radius 3 is 2.25 bits per heavy atom. The van der Waals surface area contributed by atoms with Gasteiger partial charge in [0.2, 0.25) is 0 Å². The second-order valence-corrected chi connectivity index (χ2v) is 6.22. The predicted octanol–water partition coefficient (Wildman–Crippen LogP) is 2.86. The van der Waals surface area contributed by atoms with E-state index in [1.54, 1.807) is 6.07 Å². The van der Waals surface area contributed by atoms with Crippen LogP contribution in [-0.4, -0.2) is 14.7 Å². The molecule has 16 heavy (non-hydrogen) atoms. The first-order valence-corrected chi connectivity index (χ1v) is 6.98. The zero-order chi connectivity index (χ0) is 11.9. The first-order chi connectivity index (χ1) is 7.38. The first-order valence-electron chi connectivity index (χ1n) is 5.09. The van der Waals surface area contributed by atoms with Gasteiger partial charge < -0.3 is 0 Å². The molecule has 0 amide bonds. The van der Waals surface area contributed by atoms with Crippen LogP contribution in [0.1, 0.15) is 11.1 Å². The summed E-state index contributed by atoms with van der Waals surface area (Å²) in [5, 5.41) is 2.06. The molecule has 0 unspecified atom stereocenters. The van der Waals surface area contributed by atoms with Gasteiger partial charge in [-0.2, -0.15) is 0 Å². The normalized spacial score (nSPS) is 11.9. The fourth-order valence-corrected chi connectivity index (χ4v) is 2.89. The van der Waals surface area contributed by atoms with Crippen LogP contribution in [0.15, 0.2) is 35.2 Å². The summed E-state index contributed by atoms with van der Waals surface area (Å²) in [6.45, 7) is 3.83. The monoisotopic (exact) mass is 234 g/mol. The summed E-state index contributed by atoms with van der Waals surface area (Å²) in [7, 11) is -3.14. The molecular formula is C13H14O2S. The number of hydrogen-bond acceptors (Lipinski definition) is 2. The van der Waals surface area contributed by atoms with Crippen molar-refractivity contribution < 1.29 is 8.42 Å². The van der Waals surface area contributed by atoms with Gasteiger partial charge in [-0.1, -0.05) is 29.8 Å². The largest absolute Gasteiger partial charge is 0.224 e. The summed E-state index contributed by atoms with van der Waals surface area (Å²) in [6, 6.07) is 9.73. The van der Waals surface area contributed by atoms with Crippen LogP contribution < -0.4 is 0 Å². The number of hydrogen-bond donors (Lipinski definition) is 0. The van der Waals surface area contributed by atoms with Crippen LogP contribution >= 0.6 is 0 Å². The maximum atomic E-state index is 11.6. The van der Waals surface area contributed by atoms with E-state index in [0.29, 0.717) is 4.90 Å². The molecule has 0 atom stereocenters. The van der Waals surface area contributed by atoms with Gasteiger partial charge in [-0.3, -0.25) is 0 Å². The zero-order valence-electron chi connectivity index (χ0n) is 9.61. The molecule has 84 valence electrons. The Kier molecular flexibility index (Phi) is 2.50. The lowest BCUT2D eigenvalue weighted by molar-refractivity contribution is 0.601. The van der Waals surface area contributed by atoms with E-state index >= 15 is 0 Å². The number of sulfone groups is 1. The van der Waals surface area contributed by atoms with Crippen LogP contribution in [0, 0.1) is 13.8 Å². The molecule has 3 heteroatoms. The van der Waals surface area contributed by atoms with E-state index < -0.39 is 9.84 Å². The summed E-state index contributed by atoms with van der Waals surface area (Å²) >= 11 is 0. The van der Waals surface area contributed by atoms with Crippen LogP contribution in [0.5, 0.6) is 0 Å². The molecule has 0 saturated heterocycles. The van der Waals surface area contributed by atoms with E-state index in [-0.39, 0.29) is 0 Å². The van der Waals surface area contributed by atoms with E-state index in [9.17, 15) is 8.42 Å². The van der Waals surface area contributed by atoms with Gasteiger partial charge in [-0.15, -0.1) is 0 Å². The SMILES string of the molecule is Cc1ccc2cc(C)c(S(C)(=O)=O)cc2c1. The fourth-order valence-electron chi connectivity index (χ4n) is 1.91. The molecule has 0 heterocycles. The molecule has 0 radical (unpaired) electrons. The molecule has 0 aliphatic rings. The van der Waals surface area contributed by atoms with Crippen LogP contribution in [0.4, 0.5) is 0 Å². The molecule has 0 spiro atoms. The van der Waals surface area contributed by atoms with Gasteiger partial charge in [0.05, 0.1) is 4.90 Å². The summed E-state index contributed by atoms with van der Waals surface area (Å²) in [5.41, 5.74) is 1.94. The third kappa shape index (κ3) is 1.95. The van der Waals surface area contributed by atoms with Crippen molar-refractivity contribution in [3.63, 3.8) is 0 Å². The summed E-state index contributed by atoms with van der Waals surface area (Å²) < 4.78 is 23.2. The van der Waals surface area contributed by atoms with E-state index in [1.807, 2.05) is 38.1 Å². The molecule has 2 aromatic rings. The molecule has 0 N–H and O–H groups in total. The topological polar surface area (TPSA) is 34.1 Å². The Bertz CT molecular complexity index is 655. The highest BCUT2D eigenvalue weighted by atomic mass is 32.2. The Balaban J connectivity index is 2.84. The standard InChI is InChI=1S/C13H14O2S/c1-9-4-5-11-7-10(2)13(16(3,14)15)8-12(11)6-9/h4-8H,1-3H3. The number of benzene rings is 2. The van der Waals surface area contributed by atoms with Gasteiger partial charge in [-0.25, -0.2) is 8.42 Å². The minimum absolute atomic E-state index is 0.422. The van der Waals surface area contributed by atoms with Crippen molar-refractivity contribution in [1.29, 1.82) is 0 Å². The molecule has 2 nitrogen and oxygen atoms in total. The van der Waals surface area contributed by atoms with Crippen molar-refractivity contribution in [2.75, 3.05) is 6.26 Å². The zero-order valence-corrected chi connectivity index (χ0v) is 10.4. The van der Waals surface area contributed by atoms with Gasteiger partial charge in [-0.05, 0) is 36.2 Å². The van der Waals surface area contributed by atoms with Crippen molar-refractivity contribution in [3.05, 3.63) is 41.5 Å². The lowest BCUT2D eigenvalue weighted by Crippen LogP contribution is -1.99. The van der Waals surface area contributed by atoms with Gasteiger partial charge in [0.25, 0.3) is 0 Å². The Hall–Kier alpha value is -1.35. The Morgan fingerprint density at radius 2 is 1.62 bits per heavy atom. The maximum Gasteiger partial charge on any atom is 0.175 e. The van der Waals surface area contributed by atoms with Crippen LogP contribution in [0.25, 0.3) is 10.8 Å². The van der Waals surface area contributed by atoms with Crippen LogP contribution in [0.3, 0.4) is 0 Å². The third-order valence-corrected chi connectivity index (χ3v) is 3.93. The minimum Gasteiger partial charge on any atom is -0.224 e. The van der Waals surface area contributed by atoms with Gasteiger partial charge in [0.15, 0.2) is 9.84 Å². The van der Waals surface area contributed by atoms with Crippen molar-refractivity contribution in [2.24, 2.45) is 0 Å². The average Bonchev–Trinajstić information content (AvgIpc) is 2.16. The number of aryl methyl sites for hydroxylation is 2. The van der Waals surface area contributed by atoms with E-state index in [2.05, 4.69) is 0 Å². The number of rotatable bonds is 1. The average molecular weight is 234 g/mol. The smallest absolute Gasteiger partial charge is 0.175 e. The van der Waals surface area contributed by atoms with E-state index in [0.717, 1.165) is 21.9 Å². The quantitative estimate of drug-likeness (QED) is 0.760. The maximum absolute atomic E-state index is 11.6. The summed E-state index contributed by atoms with van der Waals surface area (Å²) in [4.78, 5) is 0.422. The Labute approximate surface area is 95.8 Å². The highest BCUT2D eigenvalue weighted by Gasteiger charge is 2.11. The first kappa shape index (κ1) is 11.1. The van der Waals surface area contributed by atoms with Crippen LogP contribution in [-0.2, 0) is 9.84 Å². The molecular weight excluding hydrogens is 220 g/mol. The van der Waals surface area contributed by atoms with E-state index in [4.69, 9.17) is 0 Å². The molecule has 0 fully saturated rings. The molecule has 2 rings (SSSR count).